The molecule has 0 radical (unpaired) electrons. The molecule has 0 spiro atoms. The van der Waals surface area contributed by atoms with Crippen LogP contribution in [0.3, 0.4) is 0 Å². The highest BCUT2D eigenvalue weighted by Crippen LogP contribution is 2.24. The van der Waals surface area contributed by atoms with Crippen LogP contribution in [-0.4, -0.2) is 40.0 Å². The van der Waals surface area contributed by atoms with Crippen LogP contribution in [-0.2, 0) is 9.59 Å². The summed E-state index contributed by atoms with van der Waals surface area (Å²) in [6.45, 7) is 1.90. The maximum absolute atomic E-state index is 12.9. The van der Waals surface area contributed by atoms with Crippen molar-refractivity contribution in [1.29, 1.82) is 0 Å². The van der Waals surface area contributed by atoms with Crippen LogP contribution in [0.15, 0.2) is 53.6 Å². The average Bonchev–Trinajstić information content (AvgIpc) is 2.94. The fourth-order valence-electron chi connectivity index (χ4n) is 3.07. The quantitative estimate of drug-likeness (QED) is 0.362. The van der Waals surface area contributed by atoms with E-state index in [0.29, 0.717) is 10.7 Å². The molecule has 2 aliphatic heterocycles. The van der Waals surface area contributed by atoms with Gasteiger partial charge in [0, 0.05) is 6.21 Å². The molecule has 0 unspecified atom stereocenters. The van der Waals surface area contributed by atoms with Gasteiger partial charge in [-0.1, -0.05) is 29.8 Å². The van der Waals surface area contributed by atoms with E-state index >= 15 is 0 Å². The number of hydrazone groups is 1. The van der Waals surface area contributed by atoms with Gasteiger partial charge in [-0.2, -0.15) is 10.1 Å². The fraction of sp³-hybridized carbons (Fsp3) is 0.100. The number of hydrogen-bond acceptors (Lipinski definition) is 6. The number of imide groups is 1. The molecular weight excluding hydrogens is 392 g/mol. The number of nitrogens with zero attached hydrogens (tertiary/aromatic N) is 3. The Kier molecular flexibility index (Phi) is 4.51. The molecule has 0 bridgehead atoms. The number of aryl methyl sites for hydroxylation is 1. The van der Waals surface area contributed by atoms with Gasteiger partial charge in [0.1, 0.15) is 0 Å². The van der Waals surface area contributed by atoms with Crippen molar-refractivity contribution in [3.8, 4) is 0 Å². The van der Waals surface area contributed by atoms with Crippen LogP contribution in [0, 0.1) is 12.8 Å². The zero-order valence-electron chi connectivity index (χ0n) is 15.2. The smallest absolute Gasteiger partial charge is 0.282 e. The number of anilines is 1. The van der Waals surface area contributed by atoms with Gasteiger partial charge < -0.3 is 5.32 Å². The maximum atomic E-state index is 12.9. The maximum Gasteiger partial charge on any atom is 0.282 e. The van der Waals surface area contributed by atoms with Gasteiger partial charge in [-0.15, -0.1) is 0 Å². The lowest BCUT2D eigenvalue weighted by molar-refractivity contribution is -0.130. The average molecular weight is 406 g/mol. The zero-order valence-corrected chi connectivity index (χ0v) is 16.0. The minimum absolute atomic E-state index is 0.0470. The molecule has 4 rings (SSSR count). The van der Waals surface area contributed by atoms with Crippen LogP contribution < -0.4 is 10.2 Å². The first-order chi connectivity index (χ1) is 13.9. The lowest BCUT2D eigenvalue weighted by atomic mass is 10.1. The molecule has 2 aromatic rings. The summed E-state index contributed by atoms with van der Waals surface area (Å²) in [5, 5.41) is 6.91. The summed E-state index contributed by atoms with van der Waals surface area (Å²) in [7, 11) is 0. The lowest BCUT2D eigenvalue weighted by Gasteiger charge is -2.31. The van der Waals surface area contributed by atoms with Crippen molar-refractivity contribution in [1.82, 2.24) is 10.3 Å². The van der Waals surface area contributed by atoms with Gasteiger partial charge in [0.25, 0.3) is 17.7 Å². The monoisotopic (exact) mass is 406 g/mol. The molecule has 2 aliphatic rings. The molecule has 144 valence electrons. The summed E-state index contributed by atoms with van der Waals surface area (Å²) in [6, 6.07) is 13.3. The third kappa shape index (κ3) is 3.11. The predicted octanol–water partition coefficient (Wildman–Crippen LogP) is 1.64. The highest BCUT2D eigenvalue weighted by atomic mass is 32.1. The SMILES string of the molecule is Cc1ccc(N2C(=O)[C@@H](/C=N/N3C(=O)c4ccccc4C3=O)C(=O)NC2=S)cc1. The minimum Gasteiger partial charge on any atom is -0.301 e. The van der Waals surface area contributed by atoms with E-state index in [9.17, 15) is 19.2 Å². The van der Waals surface area contributed by atoms with Gasteiger partial charge in [-0.3, -0.25) is 24.1 Å². The summed E-state index contributed by atoms with van der Waals surface area (Å²) < 4.78 is 0. The Balaban J connectivity index is 1.61. The second kappa shape index (κ2) is 7.02. The number of fused-ring (bicyclic) bond motifs is 1. The molecule has 29 heavy (non-hydrogen) atoms. The minimum atomic E-state index is -1.34. The van der Waals surface area contributed by atoms with Gasteiger partial charge in [0.05, 0.1) is 16.8 Å². The van der Waals surface area contributed by atoms with E-state index in [2.05, 4.69) is 10.4 Å². The Labute approximate surface area is 170 Å². The molecule has 1 atom stereocenters. The number of benzene rings is 2. The van der Waals surface area contributed by atoms with E-state index in [-0.39, 0.29) is 16.2 Å². The van der Waals surface area contributed by atoms with Crippen molar-refractivity contribution < 1.29 is 19.2 Å². The number of carbonyl (C=O) groups is 4. The second-order valence-corrected chi connectivity index (χ2v) is 6.90. The van der Waals surface area contributed by atoms with Gasteiger partial charge in [0.15, 0.2) is 11.0 Å². The Hall–Kier alpha value is -3.72. The molecule has 0 saturated carbocycles. The van der Waals surface area contributed by atoms with E-state index in [1.807, 2.05) is 19.1 Å². The standard InChI is InChI=1S/C20H14N4O4S/c1-11-6-8-12(9-7-11)23-17(26)15(16(25)22-20(23)29)10-21-24-18(27)13-4-2-3-5-14(13)19(24)28/h2-10,15H,1H3,(H,22,25,29)/b21-10+/t15-/m0/s1. The number of thiocarbonyl (C=S) groups is 1. The Morgan fingerprint density at radius 2 is 1.55 bits per heavy atom. The van der Waals surface area contributed by atoms with Gasteiger partial charge in [-0.25, -0.2) is 0 Å². The molecule has 2 aromatic carbocycles. The van der Waals surface area contributed by atoms with Crippen molar-refractivity contribution in [2.45, 2.75) is 6.92 Å². The topological polar surface area (TPSA) is 99.2 Å². The molecule has 1 fully saturated rings. The first-order valence-corrected chi connectivity index (χ1v) is 9.06. The van der Waals surface area contributed by atoms with Crippen molar-refractivity contribution in [2.24, 2.45) is 11.0 Å². The molecule has 0 aliphatic carbocycles. The summed E-state index contributed by atoms with van der Waals surface area (Å²) >= 11 is 5.14. The molecule has 4 amide bonds. The summed E-state index contributed by atoms with van der Waals surface area (Å²) in [4.78, 5) is 51.2. The van der Waals surface area contributed by atoms with Crippen LogP contribution in [0.2, 0.25) is 0 Å². The van der Waals surface area contributed by atoms with E-state index in [0.717, 1.165) is 11.8 Å². The van der Waals surface area contributed by atoms with Crippen molar-refractivity contribution >= 4 is 52.9 Å². The fourth-order valence-corrected chi connectivity index (χ4v) is 3.37. The van der Waals surface area contributed by atoms with Crippen molar-refractivity contribution in [3.05, 3.63) is 65.2 Å². The van der Waals surface area contributed by atoms with Gasteiger partial charge in [-0.05, 0) is 43.4 Å². The first-order valence-electron chi connectivity index (χ1n) is 8.66. The molecule has 8 nitrogen and oxygen atoms in total. The molecule has 1 N–H and O–H groups in total. The van der Waals surface area contributed by atoms with Gasteiger partial charge in [0.2, 0.25) is 5.91 Å². The van der Waals surface area contributed by atoms with Crippen LogP contribution in [0.25, 0.3) is 0 Å². The number of rotatable bonds is 3. The van der Waals surface area contributed by atoms with E-state index < -0.39 is 29.5 Å². The number of nitrogens with one attached hydrogen (secondary N) is 1. The highest BCUT2D eigenvalue weighted by molar-refractivity contribution is 7.80. The van der Waals surface area contributed by atoms with E-state index in [1.54, 1.807) is 24.3 Å². The third-order valence-corrected chi connectivity index (χ3v) is 4.88. The number of hydrogen-bond donors (Lipinski definition) is 1. The largest absolute Gasteiger partial charge is 0.301 e. The second-order valence-electron chi connectivity index (χ2n) is 6.51. The normalized spacial score (nSPS) is 19.2. The van der Waals surface area contributed by atoms with Crippen molar-refractivity contribution in [2.75, 3.05) is 4.90 Å². The van der Waals surface area contributed by atoms with Crippen LogP contribution in [0.5, 0.6) is 0 Å². The lowest BCUT2D eigenvalue weighted by Crippen LogP contribution is -2.58. The Morgan fingerprint density at radius 1 is 0.966 bits per heavy atom. The first kappa shape index (κ1) is 18.6. The molecule has 9 heteroatoms. The molecule has 2 heterocycles. The Bertz CT molecular complexity index is 1070. The molecule has 1 saturated heterocycles. The van der Waals surface area contributed by atoms with Crippen molar-refractivity contribution in [3.63, 3.8) is 0 Å². The Morgan fingerprint density at radius 3 is 2.14 bits per heavy atom. The van der Waals surface area contributed by atoms with Crippen LogP contribution in [0.4, 0.5) is 5.69 Å². The van der Waals surface area contributed by atoms with Crippen LogP contribution in [0.1, 0.15) is 26.3 Å². The molecule has 0 aromatic heterocycles. The number of carbonyl (C=O) groups excluding carboxylic acids is 4. The zero-order chi connectivity index (χ0) is 20.7. The summed E-state index contributed by atoms with van der Waals surface area (Å²) in [6.07, 6.45) is 0.988. The summed E-state index contributed by atoms with van der Waals surface area (Å²) in [5.41, 5.74) is 1.93. The predicted molar refractivity (Wildman–Crippen MR) is 108 cm³/mol. The number of amides is 4. The van der Waals surface area contributed by atoms with Gasteiger partial charge >= 0.3 is 0 Å². The highest BCUT2D eigenvalue weighted by Gasteiger charge is 2.40. The summed E-state index contributed by atoms with van der Waals surface area (Å²) in [5.74, 6) is -3.87. The van der Waals surface area contributed by atoms with Crippen LogP contribution >= 0.6 is 12.2 Å². The van der Waals surface area contributed by atoms with E-state index in [4.69, 9.17) is 12.2 Å². The van der Waals surface area contributed by atoms with E-state index in [1.165, 1.54) is 17.0 Å². The third-order valence-electron chi connectivity index (χ3n) is 4.60. The molecular formula is C20H14N4O4S.